The van der Waals surface area contributed by atoms with Gasteiger partial charge >= 0.3 is 11.9 Å². The maximum absolute atomic E-state index is 10.8. The van der Waals surface area contributed by atoms with Crippen LogP contribution in [0.4, 0.5) is 0 Å². The molecule has 0 saturated carbocycles. The van der Waals surface area contributed by atoms with Crippen LogP contribution in [0.3, 0.4) is 0 Å². The highest BCUT2D eigenvalue weighted by Gasteiger charge is 2.40. The average molecular weight is 288 g/mol. The SMILES string of the molecule is CC(COC(=O)CCl)(COC(=O)CCl)[N+](=O)[O-]. The highest BCUT2D eigenvalue weighted by molar-refractivity contribution is 6.26. The van der Waals surface area contributed by atoms with Crippen molar-refractivity contribution in [1.82, 2.24) is 0 Å². The standard InChI is InChI=1S/C8H11Cl2NO6/c1-8(11(14)15,4-16-6(12)2-9)5-17-7(13)3-10/h2-5H2,1H3. The number of nitro groups is 1. The zero-order valence-electron chi connectivity index (χ0n) is 8.98. The molecule has 0 fully saturated rings. The fourth-order valence-electron chi connectivity index (χ4n) is 0.696. The van der Waals surface area contributed by atoms with E-state index in [1.807, 2.05) is 0 Å². The Labute approximate surface area is 107 Å². The van der Waals surface area contributed by atoms with Gasteiger partial charge in [0, 0.05) is 11.8 Å². The molecule has 9 heteroatoms. The van der Waals surface area contributed by atoms with Crippen LogP contribution in [0.1, 0.15) is 6.92 Å². The maximum atomic E-state index is 10.8. The first-order valence-electron chi connectivity index (χ1n) is 4.43. The van der Waals surface area contributed by atoms with Crippen molar-refractivity contribution in [2.45, 2.75) is 12.5 Å². The fraction of sp³-hybridized carbons (Fsp3) is 0.750. The van der Waals surface area contributed by atoms with Crippen molar-refractivity contribution >= 4 is 35.1 Å². The molecule has 17 heavy (non-hydrogen) atoms. The Hall–Kier alpha value is -1.08. The van der Waals surface area contributed by atoms with Crippen LogP contribution >= 0.6 is 23.2 Å². The van der Waals surface area contributed by atoms with Crippen molar-refractivity contribution in [2.75, 3.05) is 25.0 Å². The quantitative estimate of drug-likeness (QED) is 0.294. The number of nitrogens with zero attached hydrogens (tertiary/aromatic N) is 1. The van der Waals surface area contributed by atoms with Crippen LogP contribution in [-0.2, 0) is 19.1 Å². The summed E-state index contributed by atoms with van der Waals surface area (Å²) in [5, 5.41) is 10.8. The van der Waals surface area contributed by atoms with Gasteiger partial charge in [0.2, 0.25) is 0 Å². The van der Waals surface area contributed by atoms with Crippen LogP contribution in [0.2, 0.25) is 0 Å². The minimum absolute atomic E-state index is 0.407. The number of ether oxygens (including phenoxy) is 2. The monoisotopic (exact) mass is 287 g/mol. The van der Waals surface area contributed by atoms with Gasteiger partial charge in [0.15, 0.2) is 13.2 Å². The third kappa shape index (κ3) is 5.69. The molecular weight excluding hydrogens is 277 g/mol. The van der Waals surface area contributed by atoms with Crippen molar-refractivity contribution in [3.63, 3.8) is 0 Å². The van der Waals surface area contributed by atoms with Crippen LogP contribution in [-0.4, -0.2) is 47.4 Å². The van der Waals surface area contributed by atoms with Gasteiger partial charge in [-0.1, -0.05) is 0 Å². The second kappa shape index (κ2) is 7.29. The third-order valence-electron chi connectivity index (χ3n) is 1.75. The summed E-state index contributed by atoms with van der Waals surface area (Å²) in [5.74, 6) is -2.39. The van der Waals surface area contributed by atoms with Crippen LogP contribution in [0, 0.1) is 10.1 Å². The minimum Gasteiger partial charge on any atom is -0.457 e. The topological polar surface area (TPSA) is 95.7 Å². The summed E-state index contributed by atoms with van der Waals surface area (Å²) >= 11 is 10.3. The van der Waals surface area contributed by atoms with Gasteiger partial charge in [-0.3, -0.25) is 19.7 Å². The molecule has 0 atom stereocenters. The molecule has 0 aliphatic rings. The van der Waals surface area contributed by atoms with Gasteiger partial charge in [-0.2, -0.15) is 0 Å². The minimum atomic E-state index is -1.72. The average Bonchev–Trinajstić information content (AvgIpc) is 2.32. The van der Waals surface area contributed by atoms with E-state index in [1.54, 1.807) is 0 Å². The molecule has 0 amide bonds. The number of hydrogen-bond acceptors (Lipinski definition) is 6. The number of alkyl halides is 2. The van der Waals surface area contributed by atoms with Crippen molar-refractivity contribution in [3.8, 4) is 0 Å². The molecule has 0 rings (SSSR count). The Kier molecular flexibility index (Phi) is 6.82. The summed E-state index contributed by atoms with van der Waals surface area (Å²) in [5.41, 5.74) is -1.72. The van der Waals surface area contributed by atoms with Crippen LogP contribution in [0.5, 0.6) is 0 Å². The van der Waals surface area contributed by atoms with Gasteiger partial charge in [0.25, 0.3) is 5.54 Å². The Morgan fingerprint density at radius 2 is 1.53 bits per heavy atom. The molecule has 0 saturated heterocycles. The molecule has 0 aliphatic heterocycles. The van der Waals surface area contributed by atoms with E-state index in [2.05, 4.69) is 9.47 Å². The second-order valence-electron chi connectivity index (χ2n) is 3.34. The fourth-order valence-corrected chi connectivity index (χ4v) is 0.850. The molecule has 7 nitrogen and oxygen atoms in total. The molecule has 0 aromatic carbocycles. The summed E-state index contributed by atoms with van der Waals surface area (Å²) in [7, 11) is 0. The van der Waals surface area contributed by atoms with Gasteiger partial charge in [-0.05, 0) is 0 Å². The van der Waals surface area contributed by atoms with E-state index in [9.17, 15) is 19.7 Å². The summed E-state index contributed by atoms with van der Waals surface area (Å²) in [6.07, 6.45) is 0. The summed E-state index contributed by atoms with van der Waals surface area (Å²) in [4.78, 5) is 31.6. The van der Waals surface area contributed by atoms with E-state index in [4.69, 9.17) is 23.2 Å². The first-order valence-corrected chi connectivity index (χ1v) is 5.50. The Morgan fingerprint density at radius 3 is 1.76 bits per heavy atom. The Morgan fingerprint density at radius 1 is 1.18 bits per heavy atom. The van der Waals surface area contributed by atoms with Gasteiger partial charge in [-0.25, -0.2) is 0 Å². The number of hydrogen-bond donors (Lipinski definition) is 0. The molecule has 0 aromatic heterocycles. The van der Waals surface area contributed by atoms with E-state index in [0.717, 1.165) is 0 Å². The summed E-state index contributed by atoms with van der Waals surface area (Å²) in [6, 6.07) is 0. The molecule has 0 spiro atoms. The van der Waals surface area contributed by atoms with E-state index < -0.39 is 47.4 Å². The lowest BCUT2D eigenvalue weighted by molar-refractivity contribution is -0.571. The molecule has 0 heterocycles. The Balaban J connectivity index is 4.41. The van der Waals surface area contributed by atoms with Crippen molar-refractivity contribution in [1.29, 1.82) is 0 Å². The van der Waals surface area contributed by atoms with E-state index in [-0.39, 0.29) is 0 Å². The zero-order valence-corrected chi connectivity index (χ0v) is 10.5. The molecular formula is C8H11Cl2NO6. The van der Waals surface area contributed by atoms with E-state index in [0.29, 0.717) is 0 Å². The van der Waals surface area contributed by atoms with Gasteiger partial charge in [0.05, 0.1) is 0 Å². The molecule has 0 aromatic rings. The lowest BCUT2D eigenvalue weighted by atomic mass is 10.1. The first kappa shape index (κ1) is 15.9. The predicted molar refractivity (Wildman–Crippen MR) is 58.8 cm³/mol. The molecule has 98 valence electrons. The van der Waals surface area contributed by atoms with E-state index in [1.165, 1.54) is 6.92 Å². The van der Waals surface area contributed by atoms with E-state index >= 15 is 0 Å². The van der Waals surface area contributed by atoms with Crippen molar-refractivity contribution in [3.05, 3.63) is 10.1 Å². The highest BCUT2D eigenvalue weighted by atomic mass is 35.5. The molecule has 0 unspecified atom stereocenters. The first-order chi connectivity index (χ1) is 7.85. The predicted octanol–water partition coefficient (Wildman–Crippen LogP) is 0.586. The van der Waals surface area contributed by atoms with Gasteiger partial charge < -0.3 is 9.47 Å². The van der Waals surface area contributed by atoms with Crippen LogP contribution in [0.15, 0.2) is 0 Å². The molecule has 0 radical (unpaired) electrons. The molecule has 0 N–H and O–H groups in total. The molecule has 0 bridgehead atoms. The second-order valence-corrected chi connectivity index (χ2v) is 3.88. The zero-order chi connectivity index (χ0) is 13.5. The lowest BCUT2D eigenvalue weighted by Gasteiger charge is -2.19. The molecule has 0 aliphatic carbocycles. The number of halogens is 2. The smallest absolute Gasteiger partial charge is 0.321 e. The van der Waals surface area contributed by atoms with Crippen molar-refractivity contribution in [2.24, 2.45) is 0 Å². The number of carbonyl (C=O) groups is 2. The largest absolute Gasteiger partial charge is 0.457 e. The normalized spacial score (nSPS) is 10.8. The Bertz CT molecular complexity index is 288. The van der Waals surface area contributed by atoms with Gasteiger partial charge in [0.1, 0.15) is 11.8 Å². The summed E-state index contributed by atoms with van der Waals surface area (Å²) in [6.45, 7) is 0.0955. The number of esters is 2. The number of rotatable bonds is 7. The van der Waals surface area contributed by atoms with Crippen LogP contribution in [0.25, 0.3) is 0 Å². The maximum Gasteiger partial charge on any atom is 0.321 e. The third-order valence-corrected chi connectivity index (χ3v) is 2.18. The summed E-state index contributed by atoms with van der Waals surface area (Å²) < 4.78 is 9.09. The van der Waals surface area contributed by atoms with Gasteiger partial charge in [-0.15, -0.1) is 23.2 Å². The van der Waals surface area contributed by atoms with Crippen LogP contribution < -0.4 is 0 Å². The highest BCUT2D eigenvalue weighted by Crippen LogP contribution is 2.11. The number of carbonyl (C=O) groups excluding carboxylic acids is 2. The van der Waals surface area contributed by atoms with Crippen molar-refractivity contribution < 1.29 is 24.0 Å². The lowest BCUT2D eigenvalue weighted by Crippen LogP contribution is -2.45.